The molecule has 2 heterocycles. The van der Waals surface area contributed by atoms with Crippen LogP contribution in [0.5, 0.6) is 0 Å². The van der Waals surface area contributed by atoms with Gasteiger partial charge in [-0.3, -0.25) is 4.57 Å². The molecule has 0 amide bonds. The molecule has 3 nitrogen and oxygen atoms in total. The van der Waals surface area contributed by atoms with Gasteiger partial charge in [-0.15, -0.1) is 21.5 Å². The van der Waals surface area contributed by atoms with Gasteiger partial charge in [0.05, 0.1) is 6.54 Å². The Kier molecular flexibility index (Phi) is 2.84. The van der Waals surface area contributed by atoms with Crippen LogP contribution in [0, 0.1) is 0 Å². The van der Waals surface area contributed by atoms with Crippen molar-refractivity contribution >= 4 is 22.9 Å². The van der Waals surface area contributed by atoms with Crippen LogP contribution < -0.4 is 0 Å². The van der Waals surface area contributed by atoms with Crippen LogP contribution in [-0.2, 0) is 13.0 Å². The Morgan fingerprint density at radius 3 is 3.00 bits per heavy atom. The maximum atomic E-state index is 5.93. The summed E-state index contributed by atoms with van der Waals surface area (Å²) in [5.41, 5.74) is 0. The maximum Gasteiger partial charge on any atom is 0.225 e. The van der Waals surface area contributed by atoms with E-state index in [1.54, 1.807) is 11.3 Å². The van der Waals surface area contributed by atoms with E-state index >= 15 is 0 Å². The lowest BCUT2D eigenvalue weighted by Crippen LogP contribution is -2.03. The van der Waals surface area contributed by atoms with Gasteiger partial charge in [0, 0.05) is 11.3 Å². The molecule has 0 bridgehead atoms. The van der Waals surface area contributed by atoms with Crippen molar-refractivity contribution in [1.29, 1.82) is 0 Å². The summed E-state index contributed by atoms with van der Waals surface area (Å²) in [6.07, 6.45) is 0.852. The van der Waals surface area contributed by atoms with Crippen LogP contribution in [0.3, 0.4) is 0 Å². The van der Waals surface area contributed by atoms with Crippen molar-refractivity contribution in [2.24, 2.45) is 0 Å². The number of nitrogens with zero attached hydrogens (tertiary/aromatic N) is 3. The Bertz CT molecular complexity index is 408. The molecule has 0 aromatic carbocycles. The minimum Gasteiger partial charge on any atom is -0.296 e. The smallest absolute Gasteiger partial charge is 0.225 e. The molecule has 0 aliphatic rings. The van der Waals surface area contributed by atoms with E-state index in [0.717, 1.165) is 18.8 Å². The molecule has 0 saturated heterocycles. The Balaban J connectivity index is 2.27. The highest BCUT2D eigenvalue weighted by Gasteiger charge is 2.08. The third kappa shape index (κ3) is 1.81. The molecule has 0 saturated carbocycles. The second-order valence-corrected chi connectivity index (χ2v) is 4.27. The highest BCUT2D eigenvalue weighted by molar-refractivity contribution is 7.09. The van der Waals surface area contributed by atoms with E-state index in [1.807, 2.05) is 17.6 Å². The standard InChI is InChI=1S/C9H10ClN3S/c1-2-8-11-12-9(10)13(8)6-7-4-3-5-14-7/h3-5H,2,6H2,1H3. The van der Waals surface area contributed by atoms with Crippen molar-refractivity contribution in [3.63, 3.8) is 0 Å². The van der Waals surface area contributed by atoms with E-state index < -0.39 is 0 Å². The van der Waals surface area contributed by atoms with Gasteiger partial charge in [-0.1, -0.05) is 13.0 Å². The number of hydrogen-bond donors (Lipinski definition) is 0. The van der Waals surface area contributed by atoms with Gasteiger partial charge in [-0.2, -0.15) is 0 Å². The zero-order valence-corrected chi connectivity index (χ0v) is 9.35. The van der Waals surface area contributed by atoms with E-state index in [2.05, 4.69) is 21.6 Å². The van der Waals surface area contributed by atoms with Gasteiger partial charge >= 0.3 is 0 Å². The number of aryl methyl sites for hydroxylation is 1. The molecule has 2 aromatic rings. The average molecular weight is 228 g/mol. The van der Waals surface area contributed by atoms with Crippen LogP contribution in [0.25, 0.3) is 0 Å². The summed E-state index contributed by atoms with van der Waals surface area (Å²) < 4.78 is 1.94. The summed E-state index contributed by atoms with van der Waals surface area (Å²) in [7, 11) is 0. The third-order valence-electron chi connectivity index (χ3n) is 1.99. The molecular weight excluding hydrogens is 218 g/mol. The number of hydrogen-bond acceptors (Lipinski definition) is 3. The second-order valence-electron chi connectivity index (χ2n) is 2.90. The van der Waals surface area contributed by atoms with Gasteiger partial charge in [0.25, 0.3) is 0 Å². The summed E-state index contributed by atoms with van der Waals surface area (Å²) in [5, 5.41) is 10.4. The van der Waals surface area contributed by atoms with Crippen molar-refractivity contribution in [1.82, 2.24) is 14.8 Å². The Hall–Kier alpha value is -0.870. The van der Waals surface area contributed by atoms with Gasteiger partial charge in [-0.05, 0) is 23.0 Å². The lowest BCUT2D eigenvalue weighted by atomic mass is 10.4. The number of halogens is 1. The van der Waals surface area contributed by atoms with Crippen molar-refractivity contribution < 1.29 is 0 Å². The molecule has 14 heavy (non-hydrogen) atoms. The van der Waals surface area contributed by atoms with Crippen LogP contribution in [-0.4, -0.2) is 14.8 Å². The number of aromatic nitrogens is 3. The zero-order chi connectivity index (χ0) is 9.97. The first-order valence-corrected chi connectivity index (χ1v) is 5.67. The van der Waals surface area contributed by atoms with E-state index in [-0.39, 0.29) is 0 Å². The summed E-state index contributed by atoms with van der Waals surface area (Å²) in [5.74, 6) is 0.934. The fraction of sp³-hybridized carbons (Fsp3) is 0.333. The topological polar surface area (TPSA) is 30.7 Å². The molecule has 0 aliphatic heterocycles. The largest absolute Gasteiger partial charge is 0.296 e. The van der Waals surface area contributed by atoms with Gasteiger partial charge in [0.1, 0.15) is 5.82 Å². The molecule has 0 aliphatic carbocycles. The Morgan fingerprint density at radius 2 is 2.36 bits per heavy atom. The van der Waals surface area contributed by atoms with Gasteiger partial charge in [0.2, 0.25) is 5.28 Å². The van der Waals surface area contributed by atoms with E-state index in [0.29, 0.717) is 5.28 Å². The first-order valence-electron chi connectivity index (χ1n) is 4.41. The van der Waals surface area contributed by atoms with Crippen LogP contribution in [0.2, 0.25) is 5.28 Å². The zero-order valence-electron chi connectivity index (χ0n) is 7.77. The summed E-state index contributed by atoms with van der Waals surface area (Å²) in [6, 6.07) is 4.12. The van der Waals surface area contributed by atoms with Crippen molar-refractivity contribution in [2.45, 2.75) is 19.9 Å². The predicted molar refractivity (Wildman–Crippen MR) is 57.8 cm³/mol. The first kappa shape index (κ1) is 9.68. The molecule has 0 radical (unpaired) electrons. The van der Waals surface area contributed by atoms with E-state index in [9.17, 15) is 0 Å². The lowest BCUT2D eigenvalue weighted by molar-refractivity contribution is 0.741. The predicted octanol–water partition coefficient (Wildman–Crippen LogP) is 2.60. The molecular formula is C9H10ClN3S. The number of rotatable bonds is 3. The van der Waals surface area contributed by atoms with Crippen LogP contribution in [0.15, 0.2) is 17.5 Å². The summed E-state index contributed by atoms with van der Waals surface area (Å²) in [4.78, 5) is 1.27. The van der Waals surface area contributed by atoms with Crippen molar-refractivity contribution in [3.8, 4) is 0 Å². The Labute approximate surface area is 91.4 Å². The van der Waals surface area contributed by atoms with Gasteiger partial charge in [0.15, 0.2) is 0 Å². The van der Waals surface area contributed by atoms with Crippen LogP contribution in [0.4, 0.5) is 0 Å². The maximum absolute atomic E-state index is 5.93. The molecule has 74 valence electrons. The fourth-order valence-corrected chi connectivity index (χ4v) is 2.18. The molecule has 5 heteroatoms. The van der Waals surface area contributed by atoms with E-state index in [4.69, 9.17) is 11.6 Å². The monoisotopic (exact) mass is 227 g/mol. The van der Waals surface area contributed by atoms with Crippen molar-refractivity contribution in [2.75, 3.05) is 0 Å². The number of thiophene rings is 1. The van der Waals surface area contributed by atoms with Gasteiger partial charge in [-0.25, -0.2) is 0 Å². The highest BCUT2D eigenvalue weighted by atomic mass is 35.5. The SMILES string of the molecule is CCc1nnc(Cl)n1Cc1cccs1. The minimum atomic E-state index is 0.468. The molecule has 0 atom stereocenters. The molecule has 2 aromatic heterocycles. The summed E-state index contributed by atoms with van der Waals surface area (Å²) >= 11 is 7.65. The fourth-order valence-electron chi connectivity index (χ4n) is 1.29. The second kappa shape index (κ2) is 4.11. The third-order valence-corrected chi connectivity index (χ3v) is 3.13. The highest BCUT2D eigenvalue weighted by Crippen LogP contribution is 2.15. The van der Waals surface area contributed by atoms with Crippen LogP contribution >= 0.6 is 22.9 Å². The minimum absolute atomic E-state index is 0.468. The normalized spacial score (nSPS) is 10.7. The van der Waals surface area contributed by atoms with Crippen LogP contribution in [0.1, 0.15) is 17.6 Å². The van der Waals surface area contributed by atoms with Crippen molar-refractivity contribution in [3.05, 3.63) is 33.5 Å². The lowest BCUT2D eigenvalue weighted by Gasteiger charge is -2.03. The molecule has 0 N–H and O–H groups in total. The summed E-state index contributed by atoms with van der Waals surface area (Å²) in [6.45, 7) is 2.82. The van der Waals surface area contributed by atoms with E-state index in [1.165, 1.54) is 4.88 Å². The molecule has 0 spiro atoms. The molecule has 2 rings (SSSR count). The van der Waals surface area contributed by atoms with Gasteiger partial charge < -0.3 is 0 Å². The molecule has 0 unspecified atom stereocenters. The Morgan fingerprint density at radius 1 is 1.50 bits per heavy atom. The first-order chi connectivity index (χ1) is 6.81. The average Bonchev–Trinajstić information content (AvgIpc) is 2.79. The quantitative estimate of drug-likeness (QED) is 0.807. The molecule has 0 fully saturated rings.